The summed E-state index contributed by atoms with van der Waals surface area (Å²) in [6, 6.07) is 10.4. The topological polar surface area (TPSA) is 66.4 Å². The first-order valence-corrected chi connectivity index (χ1v) is 11.3. The zero-order valence-electron chi connectivity index (χ0n) is 16.7. The summed E-state index contributed by atoms with van der Waals surface area (Å²) < 4.78 is 0. The molecule has 2 atom stereocenters. The lowest BCUT2D eigenvalue weighted by molar-refractivity contribution is -0.123. The van der Waals surface area contributed by atoms with Gasteiger partial charge in [-0.05, 0) is 54.5 Å². The van der Waals surface area contributed by atoms with Crippen LogP contribution in [-0.4, -0.2) is 23.5 Å². The highest BCUT2D eigenvalue weighted by molar-refractivity contribution is 6.38. The molecule has 2 unspecified atom stereocenters. The molecule has 158 valence electrons. The van der Waals surface area contributed by atoms with Gasteiger partial charge in [-0.3, -0.25) is 4.79 Å². The number of halogens is 2. The van der Waals surface area contributed by atoms with E-state index in [4.69, 9.17) is 23.2 Å². The number of carboxylic acids is 1. The first-order valence-electron chi connectivity index (χ1n) is 10.6. The number of carbonyl (C=O) groups excluding carboxylic acids is 1. The Bertz CT molecular complexity index is 969. The third kappa shape index (κ3) is 4.08. The maximum Gasteiger partial charge on any atom is 0.335 e. The molecule has 1 aliphatic carbocycles. The van der Waals surface area contributed by atoms with Gasteiger partial charge in [0.15, 0.2) is 0 Å². The van der Waals surface area contributed by atoms with Gasteiger partial charge >= 0.3 is 5.97 Å². The Labute approximate surface area is 186 Å². The van der Waals surface area contributed by atoms with Crippen LogP contribution in [0, 0.1) is 11.8 Å². The van der Waals surface area contributed by atoms with Gasteiger partial charge < -0.3 is 10.4 Å². The maximum absolute atomic E-state index is 12.7. The molecule has 0 bridgehead atoms. The Kier molecular flexibility index (Phi) is 6.35. The van der Waals surface area contributed by atoms with Crippen LogP contribution in [0.25, 0.3) is 11.1 Å². The highest BCUT2D eigenvalue weighted by Crippen LogP contribution is 2.49. The molecule has 30 heavy (non-hydrogen) atoms. The number of carboxylic acid groups (broad SMARTS) is 1. The lowest BCUT2D eigenvalue weighted by Gasteiger charge is -2.35. The molecule has 2 N–H and O–H groups in total. The van der Waals surface area contributed by atoms with E-state index in [0.717, 1.165) is 48.8 Å². The Morgan fingerprint density at radius 1 is 1.07 bits per heavy atom. The van der Waals surface area contributed by atoms with Crippen molar-refractivity contribution in [3.63, 3.8) is 0 Å². The van der Waals surface area contributed by atoms with E-state index < -0.39 is 5.97 Å². The molecule has 4 nitrogen and oxygen atoms in total. The van der Waals surface area contributed by atoms with Crippen molar-refractivity contribution >= 4 is 35.1 Å². The van der Waals surface area contributed by atoms with Crippen molar-refractivity contribution in [1.82, 2.24) is 5.32 Å². The predicted octanol–water partition coefficient (Wildman–Crippen LogP) is 6.16. The van der Waals surface area contributed by atoms with Gasteiger partial charge in [0.05, 0.1) is 10.6 Å². The number of benzene rings is 2. The predicted molar refractivity (Wildman–Crippen MR) is 119 cm³/mol. The van der Waals surface area contributed by atoms with Gasteiger partial charge in [-0.15, -0.1) is 0 Å². The molecular weight excluding hydrogens is 421 g/mol. The van der Waals surface area contributed by atoms with Crippen molar-refractivity contribution in [3.8, 4) is 11.1 Å². The van der Waals surface area contributed by atoms with Gasteiger partial charge in [0.2, 0.25) is 5.91 Å². The fourth-order valence-corrected chi connectivity index (χ4v) is 5.86. The monoisotopic (exact) mass is 445 g/mol. The van der Waals surface area contributed by atoms with E-state index in [2.05, 4.69) is 5.32 Å². The van der Waals surface area contributed by atoms with Crippen molar-refractivity contribution in [2.24, 2.45) is 11.8 Å². The maximum atomic E-state index is 12.7. The van der Waals surface area contributed by atoms with Crippen LogP contribution >= 0.6 is 23.2 Å². The Morgan fingerprint density at radius 3 is 2.50 bits per heavy atom. The van der Waals surface area contributed by atoms with E-state index in [9.17, 15) is 14.7 Å². The summed E-state index contributed by atoms with van der Waals surface area (Å²) in [7, 11) is 0. The minimum absolute atomic E-state index is 0.0320. The molecule has 1 heterocycles. The second-order valence-corrected chi connectivity index (χ2v) is 9.10. The number of aromatic carboxylic acids is 1. The van der Waals surface area contributed by atoms with Crippen molar-refractivity contribution in [3.05, 3.63) is 57.6 Å². The zero-order chi connectivity index (χ0) is 21.3. The molecule has 0 spiro atoms. The van der Waals surface area contributed by atoms with E-state index >= 15 is 0 Å². The number of rotatable bonds is 5. The van der Waals surface area contributed by atoms with E-state index in [-0.39, 0.29) is 23.3 Å². The van der Waals surface area contributed by atoms with Gasteiger partial charge in [-0.25, -0.2) is 4.79 Å². The quantitative estimate of drug-likeness (QED) is 0.578. The summed E-state index contributed by atoms with van der Waals surface area (Å²) >= 11 is 13.7. The number of hydrogen-bond donors (Lipinski definition) is 2. The van der Waals surface area contributed by atoms with E-state index in [1.54, 1.807) is 18.2 Å². The lowest BCUT2D eigenvalue weighted by atomic mass is 9.70. The first-order chi connectivity index (χ1) is 14.5. The second kappa shape index (κ2) is 8.99. The number of hydrogen-bond acceptors (Lipinski definition) is 2. The lowest BCUT2D eigenvalue weighted by Crippen LogP contribution is -2.30. The Morgan fingerprint density at radius 2 is 1.83 bits per heavy atom. The fourth-order valence-electron chi connectivity index (χ4n) is 5.13. The standard InChI is InChI=1S/C24H25Cl2NO3/c25-19-10-9-17(15-7-4-8-16(13-15)24(29)30)22(26)21(19)20(14-5-2-1-3-6-14)18-11-12-27-23(18)28/h4,7-10,13-14,18,20H,1-3,5-6,11-12H2,(H,27,28)(H,29,30). The largest absolute Gasteiger partial charge is 0.478 e. The summed E-state index contributed by atoms with van der Waals surface area (Å²) in [5.74, 6) is -0.705. The van der Waals surface area contributed by atoms with Crippen molar-refractivity contribution < 1.29 is 14.7 Å². The smallest absolute Gasteiger partial charge is 0.335 e. The molecule has 0 radical (unpaired) electrons. The normalized spacial score (nSPS) is 20.7. The van der Waals surface area contributed by atoms with Crippen molar-refractivity contribution in [2.75, 3.05) is 6.54 Å². The van der Waals surface area contributed by atoms with Gasteiger partial charge in [-0.1, -0.05) is 60.7 Å². The minimum atomic E-state index is -0.982. The zero-order valence-corrected chi connectivity index (χ0v) is 18.2. The van der Waals surface area contributed by atoms with E-state index in [1.165, 1.54) is 6.42 Å². The molecule has 4 rings (SSSR count). The average Bonchev–Trinajstić information content (AvgIpc) is 3.17. The Balaban J connectivity index is 1.83. The number of carbonyl (C=O) groups is 2. The second-order valence-electron chi connectivity index (χ2n) is 8.32. The number of nitrogens with one attached hydrogen (secondary N) is 1. The summed E-state index contributed by atoms with van der Waals surface area (Å²) in [6.07, 6.45) is 6.46. The summed E-state index contributed by atoms with van der Waals surface area (Å²) in [5, 5.41) is 13.4. The van der Waals surface area contributed by atoms with Crippen LogP contribution in [0.4, 0.5) is 0 Å². The van der Waals surface area contributed by atoms with Gasteiger partial charge in [0.1, 0.15) is 0 Å². The summed E-state index contributed by atoms with van der Waals surface area (Å²) in [6.45, 7) is 0.683. The van der Waals surface area contributed by atoms with Crippen LogP contribution in [0.5, 0.6) is 0 Å². The van der Waals surface area contributed by atoms with Crippen LogP contribution in [0.1, 0.15) is 60.4 Å². The average molecular weight is 446 g/mol. The van der Waals surface area contributed by atoms with Gasteiger partial charge in [-0.2, -0.15) is 0 Å². The summed E-state index contributed by atoms with van der Waals surface area (Å²) in [4.78, 5) is 24.1. The van der Waals surface area contributed by atoms with Crippen LogP contribution in [0.2, 0.25) is 10.0 Å². The first kappa shape index (κ1) is 21.2. The minimum Gasteiger partial charge on any atom is -0.478 e. The molecular formula is C24H25Cl2NO3. The van der Waals surface area contributed by atoms with Crippen LogP contribution in [0.15, 0.2) is 36.4 Å². The third-order valence-electron chi connectivity index (χ3n) is 6.56. The molecule has 2 aromatic carbocycles. The van der Waals surface area contributed by atoms with E-state index in [0.29, 0.717) is 22.5 Å². The highest BCUT2D eigenvalue weighted by Gasteiger charge is 2.40. The van der Waals surface area contributed by atoms with Crippen LogP contribution in [0.3, 0.4) is 0 Å². The highest BCUT2D eigenvalue weighted by atomic mass is 35.5. The molecule has 2 aromatic rings. The van der Waals surface area contributed by atoms with Crippen molar-refractivity contribution in [2.45, 2.75) is 44.4 Å². The molecule has 2 fully saturated rings. The van der Waals surface area contributed by atoms with Gasteiger partial charge in [0, 0.05) is 29.0 Å². The third-order valence-corrected chi connectivity index (χ3v) is 7.30. The summed E-state index contributed by atoms with van der Waals surface area (Å²) in [5.41, 5.74) is 2.53. The van der Waals surface area contributed by atoms with Gasteiger partial charge in [0.25, 0.3) is 0 Å². The molecule has 1 aliphatic heterocycles. The van der Waals surface area contributed by atoms with Crippen LogP contribution < -0.4 is 5.32 Å². The number of amides is 1. The van der Waals surface area contributed by atoms with Crippen molar-refractivity contribution in [1.29, 1.82) is 0 Å². The molecule has 1 amide bonds. The Hall–Kier alpha value is -2.04. The molecule has 0 aromatic heterocycles. The SMILES string of the molecule is O=C(O)c1cccc(-c2ccc(Cl)c(C(C3CCCCC3)C3CCNC3=O)c2Cl)c1. The molecule has 6 heteroatoms. The molecule has 1 saturated heterocycles. The van der Waals surface area contributed by atoms with Crippen LogP contribution in [-0.2, 0) is 4.79 Å². The fraction of sp³-hybridized carbons (Fsp3) is 0.417. The van der Waals surface area contributed by atoms with E-state index in [1.807, 2.05) is 18.2 Å². The molecule has 1 saturated carbocycles. The molecule has 2 aliphatic rings.